The van der Waals surface area contributed by atoms with E-state index in [1.165, 1.54) is 12.1 Å². The number of pyridine rings is 1. The van der Waals surface area contributed by atoms with Crippen molar-refractivity contribution in [2.75, 3.05) is 7.05 Å². The summed E-state index contributed by atoms with van der Waals surface area (Å²) in [5.41, 5.74) is 2.56. The van der Waals surface area contributed by atoms with Gasteiger partial charge in [0.05, 0.1) is 0 Å². The Kier molecular flexibility index (Phi) is 4.29. The maximum Gasteiger partial charge on any atom is 0.224 e. The van der Waals surface area contributed by atoms with Crippen molar-refractivity contribution >= 4 is 0 Å². The number of nitrogens with one attached hydrogen (secondary N) is 1. The first-order chi connectivity index (χ1) is 9.52. The quantitative estimate of drug-likeness (QED) is 0.929. The predicted molar refractivity (Wildman–Crippen MR) is 72.9 cm³/mol. The minimum Gasteiger partial charge on any atom is -0.435 e. The Morgan fingerprint density at radius 3 is 2.70 bits per heavy atom. The Hall–Kier alpha value is -2.01. The number of aromatic nitrogens is 1. The lowest BCUT2D eigenvalue weighted by molar-refractivity contribution is 0.400. The fourth-order valence-corrected chi connectivity index (χ4v) is 1.97. The van der Waals surface area contributed by atoms with Gasteiger partial charge in [0.25, 0.3) is 0 Å². The first-order valence-corrected chi connectivity index (χ1v) is 6.26. The van der Waals surface area contributed by atoms with Gasteiger partial charge >= 0.3 is 0 Å². The monoisotopic (exact) mass is 278 g/mol. The Morgan fingerprint density at radius 2 is 2.00 bits per heavy atom. The van der Waals surface area contributed by atoms with Crippen molar-refractivity contribution in [3.8, 4) is 11.6 Å². The molecule has 0 saturated heterocycles. The van der Waals surface area contributed by atoms with E-state index in [0.29, 0.717) is 12.4 Å². The summed E-state index contributed by atoms with van der Waals surface area (Å²) in [7, 11) is 1.80. The molecule has 1 aromatic carbocycles. The summed E-state index contributed by atoms with van der Waals surface area (Å²) in [5.74, 6) is -1.83. The van der Waals surface area contributed by atoms with Gasteiger partial charge in [0.2, 0.25) is 11.7 Å². The van der Waals surface area contributed by atoms with Gasteiger partial charge in [-0.2, -0.15) is 4.39 Å². The van der Waals surface area contributed by atoms with Crippen LogP contribution in [0.5, 0.6) is 11.6 Å². The highest BCUT2D eigenvalue weighted by Crippen LogP contribution is 2.29. The molecule has 0 spiro atoms. The van der Waals surface area contributed by atoms with Crippen LogP contribution in [-0.4, -0.2) is 12.0 Å². The molecule has 0 atom stereocenters. The van der Waals surface area contributed by atoms with E-state index < -0.39 is 11.6 Å². The van der Waals surface area contributed by atoms with Crippen LogP contribution in [0, 0.1) is 25.5 Å². The lowest BCUT2D eigenvalue weighted by Gasteiger charge is -2.14. The third kappa shape index (κ3) is 2.93. The first-order valence-electron chi connectivity index (χ1n) is 6.26. The van der Waals surface area contributed by atoms with E-state index in [4.69, 9.17) is 4.74 Å². The molecular formula is C15H16F2N2O. The van der Waals surface area contributed by atoms with E-state index in [9.17, 15) is 8.78 Å². The fraction of sp³-hybridized carbons (Fsp3) is 0.267. The molecule has 0 aliphatic rings. The van der Waals surface area contributed by atoms with Gasteiger partial charge in [-0.15, -0.1) is 0 Å². The van der Waals surface area contributed by atoms with Crippen molar-refractivity contribution in [3.63, 3.8) is 0 Å². The zero-order valence-corrected chi connectivity index (χ0v) is 11.6. The Labute approximate surface area is 116 Å². The summed E-state index contributed by atoms with van der Waals surface area (Å²) < 4.78 is 32.3. The topological polar surface area (TPSA) is 34.2 Å². The molecule has 2 aromatic rings. The zero-order chi connectivity index (χ0) is 14.7. The normalized spacial score (nSPS) is 10.7. The van der Waals surface area contributed by atoms with Crippen LogP contribution in [0.4, 0.5) is 8.78 Å². The van der Waals surface area contributed by atoms with Gasteiger partial charge in [-0.25, -0.2) is 9.37 Å². The molecule has 2 rings (SSSR count). The number of benzene rings is 1. The van der Waals surface area contributed by atoms with Crippen molar-refractivity contribution < 1.29 is 13.5 Å². The van der Waals surface area contributed by atoms with Gasteiger partial charge in [0.1, 0.15) is 0 Å². The molecule has 1 aromatic heterocycles. The molecule has 0 aliphatic carbocycles. The Balaban J connectivity index is 2.44. The molecule has 0 unspecified atom stereocenters. The van der Waals surface area contributed by atoms with Gasteiger partial charge in [-0.1, -0.05) is 6.07 Å². The number of halogens is 2. The van der Waals surface area contributed by atoms with E-state index in [0.717, 1.165) is 22.9 Å². The molecule has 0 bridgehead atoms. The number of aryl methyl sites for hydroxylation is 2. The Bertz CT molecular complexity index is 630. The average molecular weight is 278 g/mol. The smallest absolute Gasteiger partial charge is 0.224 e. The van der Waals surface area contributed by atoms with Crippen LogP contribution >= 0.6 is 0 Å². The van der Waals surface area contributed by atoms with E-state index in [1.807, 2.05) is 19.9 Å². The summed E-state index contributed by atoms with van der Waals surface area (Å²) >= 11 is 0. The summed E-state index contributed by atoms with van der Waals surface area (Å²) in [6.07, 6.45) is 0. The van der Waals surface area contributed by atoms with Crippen molar-refractivity contribution in [2.45, 2.75) is 20.4 Å². The number of nitrogens with zero attached hydrogens (tertiary/aromatic N) is 1. The lowest BCUT2D eigenvalue weighted by atomic mass is 10.1. The molecule has 0 saturated carbocycles. The predicted octanol–water partition coefficient (Wildman–Crippen LogP) is 3.49. The zero-order valence-electron chi connectivity index (χ0n) is 11.6. The van der Waals surface area contributed by atoms with Crippen molar-refractivity contribution in [2.24, 2.45) is 0 Å². The summed E-state index contributed by atoms with van der Waals surface area (Å²) in [6, 6.07) is 5.74. The number of hydrogen-bond acceptors (Lipinski definition) is 3. The molecule has 0 radical (unpaired) electrons. The molecule has 3 nitrogen and oxygen atoms in total. The molecule has 0 amide bonds. The van der Waals surface area contributed by atoms with E-state index >= 15 is 0 Å². The molecule has 1 heterocycles. The highest BCUT2D eigenvalue weighted by atomic mass is 19.2. The van der Waals surface area contributed by atoms with Crippen molar-refractivity contribution in [3.05, 3.63) is 52.7 Å². The minimum atomic E-state index is -1.01. The highest BCUT2D eigenvalue weighted by Gasteiger charge is 2.14. The largest absolute Gasteiger partial charge is 0.435 e. The van der Waals surface area contributed by atoms with Crippen LogP contribution in [0.3, 0.4) is 0 Å². The SMILES string of the molecule is CNCc1c(C)cc(C)nc1Oc1cccc(F)c1F. The third-order valence-electron chi connectivity index (χ3n) is 2.91. The first kappa shape index (κ1) is 14.4. The number of ether oxygens (including phenoxy) is 1. The maximum absolute atomic E-state index is 13.7. The summed E-state index contributed by atoms with van der Waals surface area (Å²) in [4.78, 5) is 4.27. The second-order valence-corrected chi connectivity index (χ2v) is 4.55. The van der Waals surface area contributed by atoms with Crippen molar-refractivity contribution in [1.29, 1.82) is 0 Å². The minimum absolute atomic E-state index is 0.167. The molecule has 5 heteroatoms. The lowest BCUT2D eigenvalue weighted by Crippen LogP contribution is -2.10. The summed E-state index contributed by atoms with van der Waals surface area (Å²) in [6.45, 7) is 4.28. The van der Waals surface area contributed by atoms with Gasteiger partial charge in [-0.3, -0.25) is 0 Å². The molecular weight excluding hydrogens is 262 g/mol. The molecule has 0 aliphatic heterocycles. The molecule has 106 valence electrons. The van der Waals surface area contributed by atoms with Gasteiger partial charge in [-0.05, 0) is 44.7 Å². The summed E-state index contributed by atoms with van der Waals surface area (Å²) in [5, 5.41) is 3.01. The van der Waals surface area contributed by atoms with E-state index in [1.54, 1.807) is 7.05 Å². The second kappa shape index (κ2) is 5.96. The number of hydrogen-bond donors (Lipinski definition) is 1. The molecule has 1 N–H and O–H groups in total. The molecule has 20 heavy (non-hydrogen) atoms. The van der Waals surface area contributed by atoms with Crippen LogP contribution in [0.2, 0.25) is 0 Å². The average Bonchev–Trinajstić information content (AvgIpc) is 2.39. The second-order valence-electron chi connectivity index (χ2n) is 4.55. The Morgan fingerprint density at radius 1 is 1.25 bits per heavy atom. The van der Waals surface area contributed by atoms with Gasteiger partial charge < -0.3 is 10.1 Å². The van der Waals surface area contributed by atoms with Crippen LogP contribution < -0.4 is 10.1 Å². The van der Waals surface area contributed by atoms with E-state index in [-0.39, 0.29) is 5.75 Å². The van der Waals surface area contributed by atoms with Crippen LogP contribution in [0.25, 0.3) is 0 Å². The maximum atomic E-state index is 13.7. The van der Waals surface area contributed by atoms with Crippen LogP contribution in [0.15, 0.2) is 24.3 Å². The highest BCUT2D eigenvalue weighted by molar-refractivity contribution is 5.39. The van der Waals surface area contributed by atoms with Gasteiger partial charge in [0.15, 0.2) is 11.6 Å². The molecule has 0 fully saturated rings. The third-order valence-corrected chi connectivity index (χ3v) is 2.91. The van der Waals surface area contributed by atoms with Gasteiger partial charge in [0, 0.05) is 17.8 Å². The number of rotatable bonds is 4. The van der Waals surface area contributed by atoms with Crippen LogP contribution in [0.1, 0.15) is 16.8 Å². The van der Waals surface area contributed by atoms with Crippen molar-refractivity contribution in [1.82, 2.24) is 10.3 Å². The standard InChI is InChI=1S/C15H16F2N2O/c1-9-7-10(2)19-15(11(9)8-18-3)20-13-6-4-5-12(16)14(13)17/h4-7,18H,8H2,1-3H3. The van der Waals surface area contributed by atoms with Crippen LogP contribution in [-0.2, 0) is 6.54 Å². The van der Waals surface area contributed by atoms with E-state index in [2.05, 4.69) is 10.3 Å². The fourth-order valence-electron chi connectivity index (χ4n) is 1.97.